The summed E-state index contributed by atoms with van der Waals surface area (Å²) in [5.41, 5.74) is 0.221. The molecule has 2 heterocycles. The van der Waals surface area contributed by atoms with Gasteiger partial charge in [-0.1, -0.05) is 12.1 Å². The Bertz CT molecular complexity index is 729. The Morgan fingerprint density at radius 3 is 2.48 bits per heavy atom. The highest BCUT2D eigenvalue weighted by Crippen LogP contribution is 2.20. The van der Waals surface area contributed by atoms with Crippen LogP contribution >= 0.6 is 11.3 Å². The van der Waals surface area contributed by atoms with Crippen molar-refractivity contribution in [1.29, 1.82) is 0 Å². The van der Waals surface area contributed by atoms with Crippen molar-refractivity contribution in [2.75, 3.05) is 0 Å². The number of furan rings is 1. The fraction of sp³-hybridized carbons (Fsp3) is 0.118. The standard InChI is InChI=1S/C17H13F2NO2S/c18-14-4-1-5-15(19)16(14)17(21)20(9-12-6-7-22-11-12)10-13-3-2-8-23-13/h1-8,11H,9-10H2. The molecule has 6 heteroatoms. The number of nitrogens with zero attached hydrogens (tertiary/aromatic N) is 1. The van der Waals surface area contributed by atoms with Crippen molar-refractivity contribution in [2.24, 2.45) is 0 Å². The number of carbonyl (C=O) groups excluding carboxylic acids is 1. The summed E-state index contributed by atoms with van der Waals surface area (Å²) in [7, 11) is 0. The van der Waals surface area contributed by atoms with E-state index in [9.17, 15) is 13.6 Å². The van der Waals surface area contributed by atoms with E-state index in [-0.39, 0.29) is 13.1 Å². The van der Waals surface area contributed by atoms with Gasteiger partial charge in [-0.05, 0) is 29.6 Å². The van der Waals surface area contributed by atoms with Crippen molar-refractivity contribution in [1.82, 2.24) is 4.90 Å². The van der Waals surface area contributed by atoms with Crippen LogP contribution in [0.1, 0.15) is 20.8 Å². The first-order valence-corrected chi connectivity index (χ1v) is 7.80. The first-order chi connectivity index (χ1) is 11.1. The average molecular weight is 333 g/mol. The van der Waals surface area contributed by atoms with Crippen LogP contribution in [0.3, 0.4) is 0 Å². The third-order valence-corrected chi connectivity index (χ3v) is 4.21. The second-order valence-corrected chi connectivity index (χ2v) is 6.00. The highest BCUT2D eigenvalue weighted by atomic mass is 32.1. The van der Waals surface area contributed by atoms with Crippen LogP contribution in [-0.2, 0) is 13.1 Å². The Morgan fingerprint density at radius 1 is 1.09 bits per heavy atom. The number of rotatable bonds is 5. The number of hydrogen-bond acceptors (Lipinski definition) is 3. The number of benzene rings is 1. The largest absolute Gasteiger partial charge is 0.472 e. The zero-order chi connectivity index (χ0) is 16.2. The summed E-state index contributed by atoms with van der Waals surface area (Å²) in [5, 5.41) is 1.89. The van der Waals surface area contributed by atoms with Crippen molar-refractivity contribution in [3.05, 3.63) is 81.9 Å². The molecule has 0 saturated carbocycles. The van der Waals surface area contributed by atoms with Crippen LogP contribution in [0.5, 0.6) is 0 Å². The van der Waals surface area contributed by atoms with Gasteiger partial charge in [-0.3, -0.25) is 4.79 Å². The van der Waals surface area contributed by atoms with E-state index in [0.717, 1.165) is 22.6 Å². The van der Waals surface area contributed by atoms with Crippen LogP contribution in [-0.4, -0.2) is 10.8 Å². The molecule has 2 aromatic heterocycles. The summed E-state index contributed by atoms with van der Waals surface area (Å²) in [6.07, 6.45) is 3.00. The van der Waals surface area contributed by atoms with E-state index in [1.54, 1.807) is 6.07 Å². The van der Waals surface area contributed by atoms with Crippen molar-refractivity contribution < 1.29 is 18.0 Å². The van der Waals surface area contributed by atoms with Gasteiger partial charge in [0.25, 0.3) is 5.91 Å². The lowest BCUT2D eigenvalue weighted by molar-refractivity contribution is 0.0721. The van der Waals surface area contributed by atoms with E-state index in [4.69, 9.17) is 4.42 Å². The molecule has 0 atom stereocenters. The Balaban J connectivity index is 1.91. The zero-order valence-corrected chi connectivity index (χ0v) is 12.9. The molecule has 0 spiro atoms. The van der Waals surface area contributed by atoms with Gasteiger partial charge in [0.05, 0.1) is 19.1 Å². The number of thiophene rings is 1. The summed E-state index contributed by atoms with van der Waals surface area (Å²) in [6, 6.07) is 8.85. The van der Waals surface area contributed by atoms with Gasteiger partial charge in [0, 0.05) is 17.0 Å². The minimum atomic E-state index is -0.863. The molecule has 118 valence electrons. The molecule has 0 aliphatic carbocycles. The van der Waals surface area contributed by atoms with Crippen LogP contribution in [0.4, 0.5) is 8.78 Å². The lowest BCUT2D eigenvalue weighted by atomic mass is 10.1. The van der Waals surface area contributed by atoms with E-state index in [2.05, 4.69) is 0 Å². The number of amides is 1. The molecule has 3 aromatic rings. The van der Waals surface area contributed by atoms with Gasteiger partial charge < -0.3 is 9.32 Å². The minimum absolute atomic E-state index is 0.209. The van der Waals surface area contributed by atoms with Gasteiger partial charge in [-0.25, -0.2) is 8.78 Å². The Morgan fingerprint density at radius 2 is 1.87 bits per heavy atom. The molecular formula is C17H13F2NO2S. The number of hydrogen-bond donors (Lipinski definition) is 0. The predicted octanol–water partition coefficient (Wildman–Crippen LogP) is 4.46. The third kappa shape index (κ3) is 3.48. The Labute approximate surface area is 135 Å². The van der Waals surface area contributed by atoms with E-state index >= 15 is 0 Å². The molecule has 1 aromatic carbocycles. The molecule has 1 amide bonds. The molecule has 23 heavy (non-hydrogen) atoms. The van der Waals surface area contributed by atoms with Gasteiger partial charge in [0.2, 0.25) is 0 Å². The van der Waals surface area contributed by atoms with Crippen LogP contribution in [0, 0.1) is 11.6 Å². The SMILES string of the molecule is O=C(c1c(F)cccc1F)N(Cc1ccoc1)Cc1cccs1. The summed E-state index contributed by atoms with van der Waals surface area (Å²) in [4.78, 5) is 15.0. The molecular weight excluding hydrogens is 320 g/mol. The van der Waals surface area contributed by atoms with E-state index in [0.29, 0.717) is 0 Å². The molecule has 0 radical (unpaired) electrons. The minimum Gasteiger partial charge on any atom is -0.472 e. The summed E-state index contributed by atoms with van der Waals surface area (Å²) in [6.45, 7) is 0.483. The van der Waals surface area contributed by atoms with Gasteiger partial charge in [0.15, 0.2) is 0 Å². The van der Waals surface area contributed by atoms with Crippen molar-refractivity contribution in [2.45, 2.75) is 13.1 Å². The molecule has 0 unspecified atom stereocenters. The van der Waals surface area contributed by atoms with Crippen LogP contribution in [0.2, 0.25) is 0 Å². The lowest BCUT2D eigenvalue weighted by Crippen LogP contribution is -2.31. The van der Waals surface area contributed by atoms with Crippen molar-refractivity contribution in [3.63, 3.8) is 0 Å². The number of halogens is 2. The van der Waals surface area contributed by atoms with E-state index in [1.807, 2.05) is 17.5 Å². The molecule has 0 saturated heterocycles. The number of carbonyl (C=O) groups is 1. The third-order valence-electron chi connectivity index (χ3n) is 3.34. The molecule has 0 bridgehead atoms. The van der Waals surface area contributed by atoms with Gasteiger partial charge in [0.1, 0.15) is 17.2 Å². The van der Waals surface area contributed by atoms with Gasteiger partial charge in [-0.2, -0.15) is 0 Å². The highest BCUT2D eigenvalue weighted by Gasteiger charge is 2.24. The Kier molecular flexibility index (Phi) is 4.52. The summed E-state index contributed by atoms with van der Waals surface area (Å²) >= 11 is 1.48. The molecule has 3 nitrogen and oxygen atoms in total. The topological polar surface area (TPSA) is 33.5 Å². The second-order valence-electron chi connectivity index (χ2n) is 4.97. The lowest BCUT2D eigenvalue weighted by Gasteiger charge is -2.22. The van der Waals surface area contributed by atoms with Gasteiger partial charge >= 0.3 is 0 Å². The summed E-state index contributed by atoms with van der Waals surface area (Å²) < 4.78 is 32.8. The van der Waals surface area contributed by atoms with E-state index in [1.165, 1.54) is 34.8 Å². The monoisotopic (exact) mass is 333 g/mol. The maximum atomic E-state index is 13.9. The van der Waals surface area contributed by atoms with Crippen LogP contribution in [0.25, 0.3) is 0 Å². The molecule has 0 aliphatic heterocycles. The average Bonchev–Trinajstić information content (AvgIpc) is 3.20. The maximum absolute atomic E-state index is 13.9. The second kappa shape index (κ2) is 6.75. The molecule has 0 N–H and O–H groups in total. The van der Waals surface area contributed by atoms with Crippen molar-refractivity contribution >= 4 is 17.2 Å². The first-order valence-electron chi connectivity index (χ1n) is 6.92. The van der Waals surface area contributed by atoms with E-state index < -0.39 is 23.1 Å². The van der Waals surface area contributed by atoms with Crippen LogP contribution in [0.15, 0.2) is 58.7 Å². The fourth-order valence-corrected chi connectivity index (χ4v) is 2.97. The zero-order valence-electron chi connectivity index (χ0n) is 12.0. The van der Waals surface area contributed by atoms with Crippen LogP contribution < -0.4 is 0 Å². The maximum Gasteiger partial charge on any atom is 0.260 e. The quantitative estimate of drug-likeness (QED) is 0.690. The molecule has 0 aliphatic rings. The highest BCUT2D eigenvalue weighted by molar-refractivity contribution is 7.09. The predicted molar refractivity (Wildman–Crippen MR) is 83.0 cm³/mol. The van der Waals surface area contributed by atoms with Crippen molar-refractivity contribution in [3.8, 4) is 0 Å². The molecule has 0 fully saturated rings. The van der Waals surface area contributed by atoms with Gasteiger partial charge in [-0.15, -0.1) is 11.3 Å². The Hall–Kier alpha value is -2.47. The molecule has 3 rings (SSSR count). The first kappa shape index (κ1) is 15.4. The normalized spacial score (nSPS) is 10.7. The fourth-order valence-electron chi connectivity index (χ4n) is 2.25. The summed E-state index contributed by atoms with van der Waals surface area (Å²) in [5.74, 6) is -2.41. The smallest absolute Gasteiger partial charge is 0.260 e.